The summed E-state index contributed by atoms with van der Waals surface area (Å²) in [7, 11) is 0. The normalized spacial score (nSPS) is 16.7. The molecule has 0 spiro atoms. The van der Waals surface area contributed by atoms with E-state index in [1.807, 2.05) is 24.3 Å². The molecule has 1 aliphatic rings. The zero-order valence-electron chi connectivity index (χ0n) is 16.8. The predicted octanol–water partition coefficient (Wildman–Crippen LogP) is 3.89. The van der Waals surface area contributed by atoms with Gasteiger partial charge in [0.1, 0.15) is 0 Å². The monoisotopic (exact) mass is 395 g/mol. The van der Waals surface area contributed by atoms with Crippen molar-refractivity contribution in [2.45, 2.75) is 32.6 Å². The van der Waals surface area contributed by atoms with Crippen LogP contribution in [0, 0.1) is 5.92 Å². The van der Waals surface area contributed by atoms with E-state index in [-0.39, 0.29) is 41.4 Å². The maximum Gasteiger partial charge on any atom is 0.339 e. The number of hydrogen-bond donors (Lipinski definition) is 1. The van der Waals surface area contributed by atoms with Gasteiger partial charge < -0.3 is 14.7 Å². The summed E-state index contributed by atoms with van der Waals surface area (Å²) in [5, 5.41) is 9.20. The van der Waals surface area contributed by atoms with Crippen LogP contribution in [0.15, 0.2) is 48.5 Å². The zero-order chi connectivity index (χ0) is 21.2. The van der Waals surface area contributed by atoms with Crippen LogP contribution in [0.3, 0.4) is 0 Å². The average molecular weight is 395 g/mol. The first-order valence-corrected chi connectivity index (χ1v) is 9.57. The molecule has 0 aliphatic carbocycles. The number of ether oxygens (including phenoxy) is 1. The van der Waals surface area contributed by atoms with E-state index in [0.717, 1.165) is 5.69 Å². The quantitative estimate of drug-likeness (QED) is 0.777. The van der Waals surface area contributed by atoms with Gasteiger partial charge in [-0.1, -0.05) is 45.0 Å². The lowest BCUT2D eigenvalue weighted by Gasteiger charge is -2.21. The van der Waals surface area contributed by atoms with Gasteiger partial charge in [-0.3, -0.25) is 4.79 Å². The van der Waals surface area contributed by atoms with Crippen molar-refractivity contribution in [1.82, 2.24) is 0 Å². The number of carboxylic acids is 1. The first kappa shape index (κ1) is 20.6. The van der Waals surface area contributed by atoms with E-state index in [0.29, 0.717) is 6.54 Å². The Morgan fingerprint density at radius 2 is 1.69 bits per heavy atom. The molecule has 1 amide bonds. The van der Waals surface area contributed by atoms with Crippen molar-refractivity contribution in [3.63, 3.8) is 0 Å². The Morgan fingerprint density at radius 3 is 2.28 bits per heavy atom. The van der Waals surface area contributed by atoms with E-state index < -0.39 is 11.9 Å². The molecule has 0 radical (unpaired) electrons. The Hall–Kier alpha value is -3.15. The Bertz CT molecular complexity index is 927. The second-order valence-corrected chi connectivity index (χ2v) is 8.32. The molecule has 0 bridgehead atoms. The van der Waals surface area contributed by atoms with Crippen molar-refractivity contribution in [1.29, 1.82) is 0 Å². The van der Waals surface area contributed by atoms with E-state index >= 15 is 0 Å². The summed E-state index contributed by atoms with van der Waals surface area (Å²) in [4.78, 5) is 37.7. The van der Waals surface area contributed by atoms with Gasteiger partial charge in [-0.15, -0.1) is 0 Å². The number of carboxylic acid groups (broad SMARTS) is 1. The van der Waals surface area contributed by atoms with Crippen LogP contribution in [0.5, 0.6) is 0 Å². The minimum atomic E-state index is -1.18. The molecular formula is C23H25NO5. The summed E-state index contributed by atoms with van der Waals surface area (Å²) in [5.74, 6) is -2.02. The molecule has 0 saturated carbocycles. The maximum atomic E-state index is 12.4. The van der Waals surface area contributed by atoms with Gasteiger partial charge in [-0.2, -0.15) is 0 Å². The summed E-state index contributed by atoms with van der Waals surface area (Å²) in [6.07, 6.45) is 0.287. The van der Waals surface area contributed by atoms with Crippen molar-refractivity contribution in [2.75, 3.05) is 18.1 Å². The summed E-state index contributed by atoms with van der Waals surface area (Å²) < 4.78 is 5.32. The highest BCUT2D eigenvalue weighted by molar-refractivity contribution is 6.02. The largest absolute Gasteiger partial charge is 0.478 e. The van der Waals surface area contributed by atoms with Crippen LogP contribution < -0.4 is 4.90 Å². The second kappa shape index (κ2) is 8.07. The van der Waals surface area contributed by atoms with Crippen molar-refractivity contribution in [2.24, 2.45) is 5.92 Å². The molecule has 3 rings (SSSR count). The highest BCUT2D eigenvalue weighted by atomic mass is 16.5. The molecule has 0 aromatic heterocycles. The van der Waals surface area contributed by atoms with Gasteiger partial charge in [0.2, 0.25) is 5.91 Å². The molecule has 1 aliphatic heterocycles. The molecule has 2 aromatic rings. The van der Waals surface area contributed by atoms with Crippen LogP contribution in [0.2, 0.25) is 0 Å². The van der Waals surface area contributed by atoms with Crippen LogP contribution in [-0.2, 0) is 14.9 Å². The van der Waals surface area contributed by atoms with Crippen molar-refractivity contribution in [3.05, 3.63) is 65.2 Å². The lowest BCUT2D eigenvalue weighted by Crippen LogP contribution is -2.25. The molecule has 1 heterocycles. The number of aromatic carboxylic acids is 1. The van der Waals surface area contributed by atoms with E-state index in [1.54, 1.807) is 17.0 Å². The Kier molecular flexibility index (Phi) is 5.73. The number of nitrogens with zero attached hydrogens (tertiary/aromatic N) is 1. The number of rotatable bonds is 5. The summed E-state index contributed by atoms with van der Waals surface area (Å²) >= 11 is 0. The van der Waals surface area contributed by atoms with Gasteiger partial charge >= 0.3 is 11.9 Å². The number of esters is 1. The third-order valence-corrected chi connectivity index (χ3v) is 5.08. The van der Waals surface area contributed by atoms with Crippen LogP contribution in [-0.4, -0.2) is 36.1 Å². The van der Waals surface area contributed by atoms with E-state index in [1.165, 1.54) is 17.7 Å². The highest BCUT2D eigenvalue weighted by Gasteiger charge is 2.32. The summed E-state index contributed by atoms with van der Waals surface area (Å²) in [6.45, 7) is 6.93. The van der Waals surface area contributed by atoms with Crippen molar-refractivity contribution in [3.8, 4) is 0 Å². The molecule has 6 heteroatoms. The number of amides is 1. The van der Waals surface area contributed by atoms with E-state index in [9.17, 15) is 19.5 Å². The van der Waals surface area contributed by atoms with Gasteiger partial charge in [0.25, 0.3) is 0 Å². The molecule has 152 valence electrons. The molecule has 2 aromatic carbocycles. The summed E-state index contributed by atoms with van der Waals surface area (Å²) in [5.41, 5.74) is 1.97. The van der Waals surface area contributed by atoms with Crippen molar-refractivity contribution < 1.29 is 24.2 Å². The molecule has 1 unspecified atom stereocenters. The number of benzene rings is 2. The summed E-state index contributed by atoms with van der Waals surface area (Å²) in [6, 6.07) is 13.9. The Balaban J connectivity index is 1.63. The van der Waals surface area contributed by atoms with Crippen LogP contribution in [0.25, 0.3) is 0 Å². The topological polar surface area (TPSA) is 83.9 Å². The smallest absolute Gasteiger partial charge is 0.339 e. The number of hydrogen-bond acceptors (Lipinski definition) is 4. The minimum Gasteiger partial charge on any atom is -0.478 e. The third-order valence-electron chi connectivity index (χ3n) is 5.08. The van der Waals surface area contributed by atoms with Crippen LogP contribution >= 0.6 is 0 Å². The van der Waals surface area contributed by atoms with E-state index in [2.05, 4.69) is 20.8 Å². The molecule has 1 saturated heterocycles. The molecular weight excluding hydrogens is 370 g/mol. The van der Waals surface area contributed by atoms with Gasteiger partial charge in [0.05, 0.1) is 17.7 Å². The maximum absolute atomic E-state index is 12.4. The fraction of sp³-hybridized carbons (Fsp3) is 0.348. The number of anilines is 1. The minimum absolute atomic E-state index is 0.0129. The average Bonchev–Trinajstić information content (AvgIpc) is 3.06. The number of carbonyl (C=O) groups is 3. The van der Waals surface area contributed by atoms with Gasteiger partial charge in [-0.05, 0) is 35.2 Å². The first-order chi connectivity index (χ1) is 13.7. The fourth-order valence-electron chi connectivity index (χ4n) is 3.40. The Labute approximate surface area is 170 Å². The highest BCUT2D eigenvalue weighted by Crippen LogP contribution is 2.29. The van der Waals surface area contributed by atoms with Gasteiger partial charge in [0.15, 0.2) is 0 Å². The lowest BCUT2D eigenvalue weighted by atomic mass is 9.87. The third kappa shape index (κ3) is 4.65. The van der Waals surface area contributed by atoms with Crippen LogP contribution in [0.4, 0.5) is 5.69 Å². The molecule has 1 fully saturated rings. The molecule has 29 heavy (non-hydrogen) atoms. The predicted molar refractivity (Wildman–Crippen MR) is 109 cm³/mol. The molecule has 6 nitrogen and oxygen atoms in total. The van der Waals surface area contributed by atoms with Crippen LogP contribution in [0.1, 0.15) is 53.5 Å². The first-order valence-electron chi connectivity index (χ1n) is 9.57. The SMILES string of the molecule is CC(C)(C)c1ccc(N2CC(COC(=O)c3ccccc3C(=O)O)CC2=O)cc1. The second-order valence-electron chi connectivity index (χ2n) is 8.32. The Morgan fingerprint density at radius 1 is 1.07 bits per heavy atom. The zero-order valence-corrected chi connectivity index (χ0v) is 16.8. The van der Waals surface area contributed by atoms with E-state index in [4.69, 9.17) is 4.74 Å². The number of carbonyl (C=O) groups excluding carboxylic acids is 2. The van der Waals surface area contributed by atoms with Crippen molar-refractivity contribution >= 4 is 23.5 Å². The van der Waals surface area contributed by atoms with Gasteiger partial charge in [0, 0.05) is 24.6 Å². The standard InChI is InChI=1S/C23H25NO5/c1-23(2,3)16-8-10-17(11-9-16)24-13-15(12-20(24)25)14-29-22(28)19-7-5-4-6-18(19)21(26)27/h4-11,15H,12-14H2,1-3H3,(H,26,27). The molecule has 1 N–H and O–H groups in total. The molecule has 1 atom stereocenters. The lowest BCUT2D eigenvalue weighted by molar-refractivity contribution is -0.117. The fourth-order valence-corrected chi connectivity index (χ4v) is 3.40. The van der Waals surface area contributed by atoms with Gasteiger partial charge in [-0.25, -0.2) is 9.59 Å².